The summed E-state index contributed by atoms with van der Waals surface area (Å²) in [6, 6.07) is 22.3. The van der Waals surface area contributed by atoms with Crippen LogP contribution in [0, 0.1) is 24.3 Å². The van der Waals surface area contributed by atoms with Gasteiger partial charge in [0.05, 0.1) is 0 Å². The molecular weight excluding hydrogens is 360 g/mol. The van der Waals surface area contributed by atoms with E-state index >= 15 is 0 Å². The smallest absolute Gasteiger partial charge is 0.273 e. The molecule has 0 aromatic heterocycles. The summed E-state index contributed by atoms with van der Waals surface area (Å²) in [5, 5.41) is 0. The van der Waals surface area contributed by atoms with Gasteiger partial charge in [0.15, 0.2) is 0 Å². The minimum atomic E-state index is 0. The molecule has 0 bridgehead atoms. The second-order valence-corrected chi connectivity index (χ2v) is 5.49. The minimum absolute atomic E-state index is 0. The van der Waals surface area contributed by atoms with Gasteiger partial charge in [0, 0.05) is 0 Å². The average molecular weight is 388 g/mol. The third-order valence-corrected chi connectivity index (χ3v) is 3.48. The maximum Gasteiger partial charge on any atom is 4.00 e. The van der Waals surface area contributed by atoms with Gasteiger partial charge < -0.3 is 0 Å². The molecule has 2 aliphatic carbocycles. The SMILES string of the molecule is CCc1[c-]cccc1.CCc1[c-]cccc1.[C-]1=CC=CC1.[C-]1=CC=CC1.[Ti+4]. The van der Waals surface area contributed by atoms with E-state index in [-0.39, 0.29) is 21.7 Å². The van der Waals surface area contributed by atoms with Gasteiger partial charge in [0.25, 0.3) is 0 Å². The molecule has 0 nitrogen and oxygen atoms in total. The van der Waals surface area contributed by atoms with Crippen LogP contribution in [0.2, 0.25) is 0 Å². The Morgan fingerprint density at radius 2 is 1.15 bits per heavy atom. The Kier molecular flexibility index (Phi) is 17.6. The standard InChI is InChI=1S/2C8H9.2C5H5.Ti/c2*1-2-8-6-4-3-5-7-8;2*1-2-4-5-3-1;/h2*3-6H,2H2,1H3;2*1-3H,4H2;/q4*-1;+4. The van der Waals surface area contributed by atoms with Crippen molar-refractivity contribution in [3.63, 3.8) is 0 Å². The van der Waals surface area contributed by atoms with Crippen LogP contribution in [0.5, 0.6) is 0 Å². The second-order valence-electron chi connectivity index (χ2n) is 5.49. The Balaban J connectivity index is 0.000000337. The molecular formula is C26H28Ti. The van der Waals surface area contributed by atoms with Gasteiger partial charge in [-0.25, -0.2) is 24.3 Å². The molecule has 4 rings (SSSR count). The first-order valence-corrected chi connectivity index (χ1v) is 9.21. The summed E-state index contributed by atoms with van der Waals surface area (Å²) in [6.45, 7) is 4.26. The van der Waals surface area contributed by atoms with E-state index in [4.69, 9.17) is 0 Å². The maximum absolute atomic E-state index is 3.12. The fraction of sp³-hybridized carbons (Fsp3) is 0.231. The van der Waals surface area contributed by atoms with E-state index in [1.165, 1.54) is 11.1 Å². The van der Waals surface area contributed by atoms with E-state index in [0.717, 1.165) is 25.7 Å². The summed E-state index contributed by atoms with van der Waals surface area (Å²) in [6.07, 6.45) is 22.2. The number of hydrogen-bond donors (Lipinski definition) is 0. The van der Waals surface area contributed by atoms with E-state index in [1.807, 2.05) is 60.7 Å². The Labute approximate surface area is 181 Å². The van der Waals surface area contributed by atoms with Crippen molar-refractivity contribution in [2.75, 3.05) is 0 Å². The number of benzene rings is 2. The van der Waals surface area contributed by atoms with Crippen LogP contribution < -0.4 is 0 Å². The molecule has 0 radical (unpaired) electrons. The zero-order valence-corrected chi connectivity index (χ0v) is 18.0. The van der Waals surface area contributed by atoms with Crippen LogP contribution in [0.15, 0.2) is 85.0 Å². The van der Waals surface area contributed by atoms with Crippen LogP contribution in [0.4, 0.5) is 0 Å². The Morgan fingerprint density at radius 1 is 0.704 bits per heavy atom. The zero-order chi connectivity index (χ0) is 18.7. The quantitative estimate of drug-likeness (QED) is 0.396. The second kappa shape index (κ2) is 18.9. The van der Waals surface area contributed by atoms with Crippen LogP contribution in [0.25, 0.3) is 0 Å². The topological polar surface area (TPSA) is 0 Å². The summed E-state index contributed by atoms with van der Waals surface area (Å²) >= 11 is 0. The average Bonchev–Trinajstić information content (AvgIpc) is 3.48. The maximum atomic E-state index is 3.12. The molecule has 136 valence electrons. The van der Waals surface area contributed by atoms with Crippen molar-refractivity contribution in [1.29, 1.82) is 0 Å². The Morgan fingerprint density at radius 3 is 1.30 bits per heavy atom. The molecule has 0 fully saturated rings. The molecule has 0 amide bonds. The van der Waals surface area contributed by atoms with Gasteiger partial charge >= 0.3 is 21.7 Å². The van der Waals surface area contributed by atoms with Crippen molar-refractivity contribution in [2.45, 2.75) is 39.5 Å². The Hall–Kier alpha value is -1.89. The van der Waals surface area contributed by atoms with Crippen LogP contribution in [0.1, 0.15) is 37.8 Å². The number of hydrogen-bond acceptors (Lipinski definition) is 0. The van der Waals surface area contributed by atoms with Crippen LogP contribution in [-0.4, -0.2) is 0 Å². The fourth-order valence-electron chi connectivity index (χ4n) is 1.98. The monoisotopic (exact) mass is 388 g/mol. The van der Waals surface area contributed by atoms with Crippen molar-refractivity contribution in [3.8, 4) is 0 Å². The largest absolute Gasteiger partial charge is 4.00 e. The Bertz CT molecular complexity index is 582. The van der Waals surface area contributed by atoms with Crippen molar-refractivity contribution in [1.82, 2.24) is 0 Å². The van der Waals surface area contributed by atoms with Gasteiger partial charge in [-0.05, 0) is 0 Å². The van der Waals surface area contributed by atoms with Crippen molar-refractivity contribution < 1.29 is 21.7 Å². The van der Waals surface area contributed by atoms with Gasteiger partial charge in [-0.1, -0.05) is 26.7 Å². The zero-order valence-electron chi connectivity index (χ0n) is 16.4. The van der Waals surface area contributed by atoms with E-state index < -0.39 is 0 Å². The molecule has 2 aromatic rings. The van der Waals surface area contributed by atoms with Gasteiger partial charge in [0.1, 0.15) is 0 Å². The molecule has 0 spiro atoms. The van der Waals surface area contributed by atoms with Crippen molar-refractivity contribution >= 4 is 0 Å². The van der Waals surface area contributed by atoms with Crippen LogP contribution in [0.3, 0.4) is 0 Å². The molecule has 0 aliphatic heterocycles. The van der Waals surface area contributed by atoms with E-state index in [1.54, 1.807) is 0 Å². The van der Waals surface area contributed by atoms with Gasteiger partial charge in [-0.2, -0.15) is 83.9 Å². The molecule has 2 aliphatic rings. The number of rotatable bonds is 2. The summed E-state index contributed by atoms with van der Waals surface area (Å²) in [5.74, 6) is 0. The first-order chi connectivity index (χ1) is 12.9. The predicted molar refractivity (Wildman–Crippen MR) is 112 cm³/mol. The molecule has 0 N–H and O–H groups in total. The van der Waals surface area contributed by atoms with E-state index in [9.17, 15) is 0 Å². The van der Waals surface area contributed by atoms with E-state index in [0.29, 0.717) is 0 Å². The molecule has 1 heteroatoms. The van der Waals surface area contributed by atoms with Gasteiger partial charge in [0.2, 0.25) is 0 Å². The third kappa shape index (κ3) is 14.9. The number of aryl methyl sites for hydroxylation is 2. The van der Waals surface area contributed by atoms with Gasteiger partial charge in [-0.15, -0.1) is 12.8 Å². The first kappa shape index (κ1) is 25.1. The van der Waals surface area contributed by atoms with Crippen LogP contribution in [-0.2, 0) is 34.6 Å². The van der Waals surface area contributed by atoms with Gasteiger partial charge in [-0.3, -0.25) is 12.2 Å². The first-order valence-electron chi connectivity index (χ1n) is 9.21. The summed E-state index contributed by atoms with van der Waals surface area (Å²) in [5.41, 5.74) is 2.57. The molecule has 2 aromatic carbocycles. The van der Waals surface area contributed by atoms with E-state index in [2.05, 4.69) is 62.4 Å². The van der Waals surface area contributed by atoms with Crippen molar-refractivity contribution in [2.24, 2.45) is 0 Å². The summed E-state index contributed by atoms with van der Waals surface area (Å²) < 4.78 is 0. The molecule has 0 unspecified atom stereocenters. The molecule has 0 heterocycles. The summed E-state index contributed by atoms with van der Waals surface area (Å²) in [7, 11) is 0. The molecule has 0 saturated carbocycles. The molecule has 27 heavy (non-hydrogen) atoms. The molecule has 0 saturated heterocycles. The third-order valence-electron chi connectivity index (χ3n) is 3.48. The van der Waals surface area contributed by atoms with Crippen LogP contribution >= 0.6 is 0 Å². The minimum Gasteiger partial charge on any atom is -0.273 e. The fourth-order valence-corrected chi connectivity index (χ4v) is 1.98. The number of allylic oxidation sites excluding steroid dienone is 8. The van der Waals surface area contributed by atoms with Crippen molar-refractivity contribution in [3.05, 3.63) is 120 Å². The molecule has 0 atom stereocenters. The normalized spacial score (nSPS) is 11.9. The predicted octanol–water partition coefficient (Wildman–Crippen LogP) is 6.71. The summed E-state index contributed by atoms with van der Waals surface area (Å²) in [4.78, 5) is 0.